The summed E-state index contributed by atoms with van der Waals surface area (Å²) < 4.78 is 10.0. The summed E-state index contributed by atoms with van der Waals surface area (Å²) in [4.78, 5) is 28.1. The molecule has 0 aliphatic heterocycles. The summed E-state index contributed by atoms with van der Waals surface area (Å²) >= 11 is 5.44. The number of esters is 1. The first-order chi connectivity index (χ1) is 10.8. The van der Waals surface area contributed by atoms with Crippen molar-refractivity contribution in [2.75, 3.05) is 6.07 Å². The van der Waals surface area contributed by atoms with Crippen LogP contribution in [0.1, 0.15) is 61.3 Å². The number of hydrogen-bond acceptors (Lipinski definition) is 5. The molecule has 126 valence electrons. The van der Waals surface area contributed by atoms with Crippen LogP contribution in [0, 0.1) is 0 Å². The number of carbonyl (C=O) groups is 2. The Hall–Kier alpha value is -1.82. The van der Waals surface area contributed by atoms with Gasteiger partial charge in [0.2, 0.25) is 0 Å². The van der Waals surface area contributed by atoms with E-state index in [1.807, 2.05) is 0 Å². The molecule has 1 aliphatic carbocycles. The molecule has 0 spiro atoms. The van der Waals surface area contributed by atoms with E-state index >= 15 is 0 Å². The molecule has 0 aromatic carbocycles. The molecule has 0 unspecified atom stereocenters. The fraction of sp³-hybridized carbons (Fsp3) is 0.562. The zero-order valence-corrected chi connectivity index (χ0v) is 14.3. The topological polar surface area (TPSA) is 77.5 Å². The molecule has 1 saturated carbocycles. The van der Waals surface area contributed by atoms with Crippen molar-refractivity contribution in [2.45, 2.75) is 51.7 Å². The molecule has 1 N–H and O–H groups in total. The van der Waals surface area contributed by atoms with Crippen molar-refractivity contribution in [2.24, 2.45) is 0 Å². The Balaban J connectivity index is 2.05. The number of nitrogens with zero attached hydrogens (tertiary/aromatic N) is 1. The van der Waals surface area contributed by atoms with Crippen LogP contribution in [-0.2, 0) is 16.0 Å². The number of alkyl carbamates (subject to hydrolysis) is 1. The van der Waals surface area contributed by atoms with Gasteiger partial charge in [-0.05, 0) is 45.7 Å². The Morgan fingerprint density at radius 3 is 2.61 bits per heavy atom. The van der Waals surface area contributed by atoms with Gasteiger partial charge >= 0.3 is 12.1 Å². The van der Waals surface area contributed by atoms with Crippen molar-refractivity contribution in [1.82, 2.24) is 10.3 Å². The van der Waals surface area contributed by atoms with Crippen LogP contribution in [0.5, 0.6) is 0 Å². The third-order valence-electron chi connectivity index (χ3n) is 3.16. The van der Waals surface area contributed by atoms with Gasteiger partial charge in [0, 0.05) is 5.92 Å². The third-order valence-corrected chi connectivity index (χ3v) is 3.27. The standard InChI is InChI=1S/C16H21ClN2O4/c1-16(2,3)23-15(21)18-8-11-6-7-12(14(20)22-9-17)13(19-11)10-4-5-10/h6-7,10H,4-5,8-9H2,1-3H3,(H,18,21). The normalized spacial score (nSPS) is 14.3. The molecule has 7 heteroatoms. The van der Waals surface area contributed by atoms with Crippen molar-refractivity contribution in [1.29, 1.82) is 0 Å². The first kappa shape index (κ1) is 17.5. The average molecular weight is 341 g/mol. The van der Waals surface area contributed by atoms with E-state index in [4.69, 9.17) is 21.1 Å². The number of rotatable bonds is 5. The highest BCUT2D eigenvalue weighted by atomic mass is 35.5. The predicted molar refractivity (Wildman–Crippen MR) is 85.4 cm³/mol. The molecule has 1 aromatic rings. The molecule has 0 radical (unpaired) electrons. The number of nitrogens with one attached hydrogen (secondary N) is 1. The summed E-state index contributed by atoms with van der Waals surface area (Å²) in [5.41, 5.74) is 1.27. The minimum atomic E-state index is -0.550. The maximum atomic E-state index is 11.9. The molecular weight excluding hydrogens is 320 g/mol. The van der Waals surface area contributed by atoms with E-state index < -0.39 is 17.7 Å². The molecule has 0 bridgehead atoms. The van der Waals surface area contributed by atoms with Crippen LogP contribution in [0.15, 0.2) is 12.1 Å². The molecule has 2 rings (SSSR count). The van der Waals surface area contributed by atoms with Crippen molar-refractivity contribution in [3.8, 4) is 0 Å². The van der Waals surface area contributed by atoms with E-state index in [9.17, 15) is 9.59 Å². The van der Waals surface area contributed by atoms with Gasteiger partial charge in [0.15, 0.2) is 6.07 Å². The van der Waals surface area contributed by atoms with Gasteiger partial charge in [0.05, 0.1) is 23.5 Å². The molecule has 1 aromatic heterocycles. The van der Waals surface area contributed by atoms with Crippen molar-refractivity contribution in [3.63, 3.8) is 0 Å². The molecule has 23 heavy (non-hydrogen) atoms. The van der Waals surface area contributed by atoms with Crippen LogP contribution in [0.3, 0.4) is 0 Å². The first-order valence-corrected chi connectivity index (χ1v) is 8.03. The average Bonchev–Trinajstić information content (AvgIpc) is 3.28. The summed E-state index contributed by atoms with van der Waals surface area (Å²) in [6, 6.07) is 3.17. The van der Waals surface area contributed by atoms with Gasteiger partial charge in [-0.2, -0.15) is 0 Å². The van der Waals surface area contributed by atoms with Crippen LogP contribution in [0.25, 0.3) is 0 Å². The number of pyridine rings is 1. The number of ether oxygens (including phenoxy) is 2. The maximum absolute atomic E-state index is 11.9. The van der Waals surface area contributed by atoms with E-state index in [2.05, 4.69) is 10.3 Å². The molecule has 1 fully saturated rings. The Labute approximate surface area is 140 Å². The predicted octanol–water partition coefficient (Wildman–Crippen LogP) is 3.34. The zero-order valence-electron chi connectivity index (χ0n) is 13.5. The van der Waals surface area contributed by atoms with Crippen molar-refractivity contribution in [3.05, 3.63) is 29.1 Å². The third kappa shape index (κ3) is 5.39. The molecule has 0 saturated heterocycles. The number of halogens is 1. The lowest BCUT2D eigenvalue weighted by molar-refractivity contribution is 0.0520. The number of hydrogen-bond donors (Lipinski definition) is 1. The summed E-state index contributed by atoms with van der Waals surface area (Å²) in [6.45, 7) is 5.63. The second kappa shape index (κ2) is 7.17. The van der Waals surface area contributed by atoms with Crippen molar-refractivity contribution >= 4 is 23.7 Å². The minimum Gasteiger partial charge on any atom is -0.446 e. The number of alkyl halides is 1. The lowest BCUT2D eigenvalue weighted by Crippen LogP contribution is -2.32. The molecule has 1 amide bonds. The molecule has 1 heterocycles. The number of amides is 1. The Morgan fingerprint density at radius 1 is 1.35 bits per heavy atom. The zero-order chi connectivity index (χ0) is 17.0. The Bertz CT molecular complexity index is 594. The summed E-state index contributed by atoms with van der Waals surface area (Å²) in [5, 5.41) is 2.65. The second-order valence-corrected chi connectivity index (χ2v) is 6.62. The SMILES string of the molecule is CC(C)(C)OC(=O)NCc1ccc(C(=O)OCCl)c(C2CC2)n1. The first-order valence-electron chi connectivity index (χ1n) is 7.50. The second-order valence-electron chi connectivity index (χ2n) is 6.41. The highest BCUT2D eigenvalue weighted by molar-refractivity contribution is 6.17. The summed E-state index contributed by atoms with van der Waals surface area (Å²) in [7, 11) is 0. The summed E-state index contributed by atoms with van der Waals surface area (Å²) in [5.74, 6) is -0.199. The van der Waals surface area contributed by atoms with Gasteiger partial charge in [-0.3, -0.25) is 4.98 Å². The van der Waals surface area contributed by atoms with E-state index in [1.165, 1.54) is 0 Å². The van der Waals surface area contributed by atoms with E-state index in [0.29, 0.717) is 17.0 Å². The molecule has 1 aliphatic rings. The van der Waals surface area contributed by atoms with Gasteiger partial charge in [-0.1, -0.05) is 11.6 Å². The van der Waals surface area contributed by atoms with Gasteiger partial charge in [-0.15, -0.1) is 0 Å². The van der Waals surface area contributed by atoms with Crippen molar-refractivity contribution < 1.29 is 19.1 Å². The fourth-order valence-electron chi connectivity index (χ4n) is 2.06. The van der Waals surface area contributed by atoms with E-state index in [-0.39, 0.29) is 18.5 Å². The van der Waals surface area contributed by atoms with Gasteiger partial charge in [0.25, 0.3) is 0 Å². The number of carbonyl (C=O) groups excluding carboxylic acids is 2. The largest absolute Gasteiger partial charge is 0.446 e. The van der Waals surface area contributed by atoms with Gasteiger partial charge < -0.3 is 14.8 Å². The lowest BCUT2D eigenvalue weighted by Gasteiger charge is -2.19. The lowest BCUT2D eigenvalue weighted by atomic mass is 10.1. The Kier molecular flexibility index (Phi) is 5.46. The quantitative estimate of drug-likeness (QED) is 0.657. The monoisotopic (exact) mass is 340 g/mol. The van der Waals surface area contributed by atoms with Crippen LogP contribution in [0.4, 0.5) is 4.79 Å². The van der Waals surface area contributed by atoms with E-state index in [1.54, 1.807) is 32.9 Å². The Morgan fingerprint density at radius 2 is 2.04 bits per heavy atom. The smallest absolute Gasteiger partial charge is 0.407 e. The number of aromatic nitrogens is 1. The van der Waals surface area contributed by atoms with E-state index in [0.717, 1.165) is 12.8 Å². The van der Waals surface area contributed by atoms with Crippen LogP contribution < -0.4 is 5.32 Å². The van der Waals surface area contributed by atoms with Crippen LogP contribution in [-0.4, -0.2) is 28.7 Å². The fourth-order valence-corrected chi connectivity index (χ4v) is 2.16. The highest BCUT2D eigenvalue weighted by Gasteiger charge is 2.30. The maximum Gasteiger partial charge on any atom is 0.407 e. The van der Waals surface area contributed by atoms with Gasteiger partial charge in [0.1, 0.15) is 5.60 Å². The molecule has 0 atom stereocenters. The van der Waals surface area contributed by atoms with Gasteiger partial charge in [-0.25, -0.2) is 9.59 Å². The molecule has 6 nitrogen and oxygen atoms in total. The minimum absolute atomic E-state index is 0.190. The van der Waals surface area contributed by atoms with Crippen LogP contribution in [0.2, 0.25) is 0 Å². The summed E-state index contributed by atoms with van der Waals surface area (Å²) in [6.07, 6.45) is 1.49. The molecular formula is C16H21ClN2O4. The van der Waals surface area contributed by atoms with Crippen LogP contribution >= 0.6 is 11.6 Å². The highest BCUT2D eigenvalue weighted by Crippen LogP contribution is 2.40.